The minimum atomic E-state index is 0.0770. The van der Waals surface area contributed by atoms with Crippen molar-refractivity contribution in [3.63, 3.8) is 0 Å². The summed E-state index contributed by atoms with van der Waals surface area (Å²) in [7, 11) is 0. The molecule has 0 unspecified atom stereocenters. The van der Waals surface area contributed by atoms with Gasteiger partial charge in [0.2, 0.25) is 11.8 Å². The molecule has 2 aliphatic carbocycles. The van der Waals surface area contributed by atoms with Crippen molar-refractivity contribution >= 4 is 11.8 Å². The minimum absolute atomic E-state index is 0.0770. The van der Waals surface area contributed by atoms with E-state index in [0.717, 1.165) is 84.0 Å². The maximum absolute atomic E-state index is 12.4. The van der Waals surface area contributed by atoms with Gasteiger partial charge in [0.15, 0.2) is 0 Å². The van der Waals surface area contributed by atoms with E-state index in [-0.39, 0.29) is 23.9 Å². The largest absolute Gasteiger partial charge is 0.352 e. The maximum atomic E-state index is 12.4. The van der Waals surface area contributed by atoms with Crippen molar-refractivity contribution in [2.45, 2.75) is 82.0 Å². The third kappa shape index (κ3) is 4.53. The first-order valence-corrected chi connectivity index (χ1v) is 10.3. The zero-order valence-electron chi connectivity index (χ0n) is 15.2. The highest BCUT2D eigenvalue weighted by atomic mass is 16.2. The molecule has 140 valence electrons. The number of rotatable bonds is 8. The van der Waals surface area contributed by atoms with Gasteiger partial charge in [0, 0.05) is 25.2 Å². The van der Waals surface area contributed by atoms with Crippen LogP contribution in [0.4, 0.5) is 0 Å². The van der Waals surface area contributed by atoms with Crippen LogP contribution >= 0.6 is 0 Å². The molecule has 2 saturated heterocycles. The van der Waals surface area contributed by atoms with E-state index in [0.29, 0.717) is 12.1 Å². The van der Waals surface area contributed by atoms with Gasteiger partial charge < -0.3 is 10.6 Å². The van der Waals surface area contributed by atoms with E-state index in [4.69, 9.17) is 0 Å². The summed E-state index contributed by atoms with van der Waals surface area (Å²) in [4.78, 5) is 29.4. The van der Waals surface area contributed by atoms with Crippen molar-refractivity contribution < 1.29 is 9.59 Å². The Hall–Kier alpha value is -1.14. The van der Waals surface area contributed by atoms with Gasteiger partial charge in [0.05, 0.1) is 12.1 Å². The van der Waals surface area contributed by atoms with E-state index in [1.54, 1.807) is 0 Å². The van der Waals surface area contributed by atoms with E-state index in [1.807, 2.05) is 0 Å². The second-order valence-electron chi connectivity index (χ2n) is 8.31. The molecule has 2 atom stereocenters. The SMILES string of the molecule is O=C(NC1CC1)[C@@H]1CCCN1CCCN1CCC[C@H]1C(=O)NC1CC1. The molecule has 2 heterocycles. The van der Waals surface area contributed by atoms with Crippen molar-refractivity contribution in [2.24, 2.45) is 0 Å². The number of carbonyl (C=O) groups excluding carboxylic acids is 2. The van der Waals surface area contributed by atoms with Gasteiger partial charge in [-0.3, -0.25) is 19.4 Å². The summed E-state index contributed by atoms with van der Waals surface area (Å²) in [6.07, 6.45) is 9.88. The fraction of sp³-hybridized carbons (Fsp3) is 0.895. The Labute approximate surface area is 150 Å². The number of amides is 2. The minimum Gasteiger partial charge on any atom is -0.352 e. The van der Waals surface area contributed by atoms with Gasteiger partial charge >= 0.3 is 0 Å². The molecule has 6 heteroatoms. The van der Waals surface area contributed by atoms with Crippen molar-refractivity contribution in [3.05, 3.63) is 0 Å². The quantitative estimate of drug-likeness (QED) is 0.683. The molecule has 0 radical (unpaired) electrons. The van der Waals surface area contributed by atoms with Crippen LogP contribution in [0.5, 0.6) is 0 Å². The third-order valence-electron chi connectivity index (χ3n) is 6.07. The highest BCUT2D eigenvalue weighted by Gasteiger charge is 2.35. The molecule has 0 aromatic carbocycles. The molecule has 0 aromatic rings. The van der Waals surface area contributed by atoms with Gasteiger partial charge in [-0.05, 0) is 70.9 Å². The smallest absolute Gasteiger partial charge is 0.237 e. The van der Waals surface area contributed by atoms with Crippen LogP contribution in [-0.2, 0) is 9.59 Å². The van der Waals surface area contributed by atoms with Crippen LogP contribution in [0, 0.1) is 0 Å². The topological polar surface area (TPSA) is 64.7 Å². The first kappa shape index (κ1) is 17.3. The Morgan fingerprint density at radius 1 is 0.720 bits per heavy atom. The molecular weight excluding hydrogens is 316 g/mol. The standard InChI is InChI=1S/C19H32N4O2/c24-18(20-14-6-7-14)16-4-1-10-22(16)12-3-13-23-11-2-5-17(23)19(25)21-15-8-9-15/h14-17H,1-13H2,(H,20,24)(H,21,25)/t16-,17-/m0/s1. The van der Waals surface area contributed by atoms with E-state index in [9.17, 15) is 9.59 Å². The summed E-state index contributed by atoms with van der Waals surface area (Å²) in [5.41, 5.74) is 0. The first-order chi connectivity index (χ1) is 12.2. The van der Waals surface area contributed by atoms with Crippen molar-refractivity contribution in [2.75, 3.05) is 26.2 Å². The molecule has 4 aliphatic rings. The van der Waals surface area contributed by atoms with Crippen LogP contribution in [0.2, 0.25) is 0 Å². The number of likely N-dealkylation sites (tertiary alicyclic amines) is 2. The second-order valence-corrected chi connectivity index (χ2v) is 8.31. The monoisotopic (exact) mass is 348 g/mol. The molecule has 0 spiro atoms. The molecule has 2 saturated carbocycles. The normalized spacial score (nSPS) is 30.6. The lowest BCUT2D eigenvalue weighted by molar-refractivity contribution is -0.126. The molecule has 4 rings (SSSR count). The van der Waals surface area contributed by atoms with Gasteiger partial charge in [-0.2, -0.15) is 0 Å². The predicted octanol–water partition coefficient (Wildman–Crippen LogP) is 0.863. The van der Waals surface area contributed by atoms with Crippen LogP contribution in [0.3, 0.4) is 0 Å². The summed E-state index contributed by atoms with van der Waals surface area (Å²) in [6, 6.07) is 1.05. The molecule has 0 bridgehead atoms. The van der Waals surface area contributed by atoms with E-state index >= 15 is 0 Å². The second kappa shape index (κ2) is 7.62. The fourth-order valence-electron chi connectivity index (χ4n) is 4.31. The summed E-state index contributed by atoms with van der Waals surface area (Å²) in [6.45, 7) is 4.01. The molecule has 2 amide bonds. The van der Waals surface area contributed by atoms with Gasteiger partial charge in [0.1, 0.15) is 0 Å². The van der Waals surface area contributed by atoms with Crippen LogP contribution in [0.15, 0.2) is 0 Å². The Morgan fingerprint density at radius 3 is 1.56 bits per heavy atom. The van der Waals surface area contributed by atoms with Crippen LogP contribution in [0.1, 0.15) is 57.8 Å². The van der Waals surface area contributed by atoms with Crippen molar-refractivity contribution in [3.8, 4) is 0 Å². The third-order valence-corrected chi connectivity index (χ3v) is 6.07. The number of hydrogen-bond acceptors (Lipinski definition) is 4. The van der Waals surface area contributed by atoms with Crippen molar-refractivity contribution in [1.82, 2.24) is 20.4 Å². The highest BCUT2D eigenvalue weighted by molar-refractivity contribution is 5.83. The first-order valence-electron chi connectivity index (χ1n) is 10.3. The Kier molecular flexibility index (Phi) is 5.27. The van der Waals surface area contributed by atoms with E-state index in [1.165, 1.54) is 0 Å². The molecule has 2 N–H and O–H groups in total. The molecule has 0 aromatic heterocycles. The maximum Gasteiger partial charge on any atom is 0.237 e. The molecule has 4 fully saturated rings. The summed E-state index contributed by atoms with van der Waals surface area (Å²) < 4.78 is 0. The lowest BCUT2D eigenvalue weighted by atomic mass is 10.2. The van der Waals surface area contributed by atoms with Crippen LogP contribution in [-0.4, -0.2) is 72.0 Å². The van der Waals surface area contributed by atoms with Crippen molar-refractivity contribution in [1.29, 1.82) is 0 Å². The summed E-state index contributed by atoms with van der Waals surface area (Å²) in [5.74, 6) is 0.478. The van der Waals surface area contributed by atoms with Crippen LogP contribution < -0.4 is 10.6 Å². The molecule has 6 nitrogen and oxygen atoms in total. The van der Waals surface area contributed by atoms with Gasteiger partial charge in [-0.15, -0.1) is 0 Å². The fourth-order valence-corrected chi connectivity index (χ4v) is 4.31. The average molecular weight is 348 g/mol. The zero-order chi connectivity index (χ0) is 17.2. The highest BCUT2D eigenvalue weighted by Crippen LogP contribution is 2.24. The number of hydrogen-bond donors (Lipinski definition) is 2. The van der Waals surface area contributed by atoms with E-state index in [2.05, 4.69) is 20.4 Å². The van der Waals surface area contributed by atoms with Crippen LogP contribution in [0.25, 0.3) is 0 Å². The number of nitrogens with zero attached hydrogens (tertiary/aromatic N) is 2. The Bertz CT molecular complexity index is 460. The lowest BCUT2D eigenvalue weighted by Gasteiger charge is -2.27. The van der Waals surface area contributed by atoms with Gasteiger partial charge in [0.25, 0.3) is 0 Å². The molecule has 25 heavy (non-hydrogen) atoms. The summed E-state index contributed by atoms with van der Waals surface area (Å²) in [5, 5.41) is 6.32. The number of carbonyl (C=O) groups is 2. The lowest BCUT2D eigenvalue weighted by Crippen LogP contribution is -2.46. The Morgan fingerprint density at radius 2 is 1.16 bits per heavy atom. The average Bonchev–Trinajstić information content (AvgIpc) is 3.49. The van der Waals surface area contributed by atoms with Gasteiger partial charge in [-0.25, -0.2) is 0 Å². The summed E-state index contributed by atoms with van der Waals surface area (Å²) >= 11 is 0. The van der Waals surface area contributed by atoms with Gasteiger partial charge in [-0.1, -0.05) is 0 Å². The Balaban J connectivity index is 1.20. The molecular formula is C19H32N4O2. The predicted molar refractivity (Wildman–Crippen MR) is 96.1 cm³/mol. The molecule has 2 aliphatic heterocycles. The van der Waals surface area contributed by atoms with E-state index < -0.39 is 0 Å². The zero-order valence-corrected chi connectivity index (χ0v) is 15.2. The number of nitrogens with one attached hydrogen (secondary N) is 2.